The van der Waals surface area contributed by atoms with Crippen LogP contribution in [0.15, 0.2) is 36.5 Å². The molecule has 0 aliphatic rings. The van der Waals surface area contributed by atoms with Gasteiger partial charge in [-0.05, 0) is 24.7 Å². The van der Waals surface area contributed by atoms with E-state index in [9.17, 15) is 13.2 Å². The molecule has 0 amide bonds. The van der Waals surface area contributed by atoms with E-state index in [-0.39, 0.29) is 5.56 Å². The molecule has 2 aromatic rings. The van der Waals surface area contributed by atoms with Crippen LogP contribution in [0.2, 0.25) is 0 Å². The lowest BCUT2D eigenvalue weighted by molar-refractivity contribution is 0.534. The van der Waals surface area contributed by atoms with Crippen LogP contribution in [0, 0.1) is 17.5 Å². The molecule has 0 aliphatic heterocycles. The molecule has 2 nitrogen and oxygen atoms in total. The molecule has 1 N–H and O–H groups in total. The van der Waals surface area contributed by atoms with Crippen molar-refractivity contribution in [2.24, 2.45) is 0 Å². The van der Waals surface area contributed by atoms with E-state index in [4.69, 9.17) is 0 Å². The minimum absolute atomic E-state index is 0.280. The molecule has 0 saturated carbocycles. The Morgan fingerprint density at radius 3 is 2.42 bits per heavy atom. The summed E-state index contributed by atoms with van der Waals surface area (Å²) >= 11 is 0. The van der Waals surface area contributed by atoms with E-state index in [2.05, 4.69) is 10.3 Å². The van der Waals surface area contributed by atoms with Crippen LogP contribution < -0.4 is 5.32 Å². The lowest BCUT2D eigenvalue weighted by Gasteiger charge is -2.18. The van der Waals surface area contributed by atoms with Crippen LogP contribution in [0.5, 0.6) is 0 Å². The second-order valence-electron chi connectivity index (χ2n) is 4.06. The predicted octanol–water partition coefficient (Wildman–Crippen LogP) is 3.20. The van der Waals surface area contributed by atoms with Gasteiger partial charge in [-0.2, -0.15) is 0 Å². The lowest BCUT2D eigenvalue weighted by atomic mass is 10.0. The maximum Gasteiger partial charge on any atom is 0.141 e. The van der Waals surface area contributed by atoms with Gasteiger partial charge in [0.05, 0.1) is 17.9 Å². The summed E-state index contributed by atoms with van der Waals surface area (Å²) in [7, 11) is 0. The van der Waals surface area contributed by atoms with E-state index in [0.717, 1.165) is 12.3 Å². The highest BCUT2D eigenvalue weighted by molar-refractivity contribution is 5.29. The van der Waals surface area contributed by atoms with Gasteiger partial charge in [-0.25, -0.2) is 13.2 Å². The number of benzene rings is 1. The molecule has 19 heavy (non-hydrogen) atoms. The van der Waals surface area contributed by atoms with Gasteiger partial charge in [0.2, 0.25) is 0 Å². The molecule has 0 bridgehead atoms. The fraction of sp³-hybridized carbons (Fsp3) is 0.214. The molecule has 1 aromatic carbocycles. The van der Waals surface area contributed by atoms with E-state index in [0.29, 0.717) is 12.2 Å². The van der Waals surface area contributed by atoms with Crippen LogP contribution in [-0.4, -0.2) is 11.5 Å². The number of nitrogens with one attached hydrogen (secondary N) is 1. The molecule has 0 radical (unpaired) electrons. The Morgan fingerprint density at radius 2 is 1.84 bits per heavy atom. The van der Waals surface area contributed by atoms with Crippen LogP contribution in [0.1, 0.15) is 24.2 Å². The van der Waals surface area contributed by atoms with Crippen molar-refractivity contribution in [2.75, 3.05) is 6.54 Å². The molecule has 1 atom stereocenters. The Hall–Kier alpha value is -1.88. The van der Waals surface area contributed by atoms with Crippen LogP contribution in [0.25, 0.3) is 0 Å². The second kappa shape index (κ2) is 5.84. The third-order valence-corrected chi connectivity index (χ3v) is 2.73. The first kappa shape index (κ1) is 13.5. The fourth-order valence-corrected chi connectivity index (χ4v) is 1.87. The fourth-order valence-electron chi connectivity index (χ4n) is 1.87. The van der Waals surface area contributed by atoms with Crippen molar-refractivity contribution in [2.45, 2.75) is 13.0 Å². The van der Waals surface area contributed by atoms with Crippen molar-refractivity contribution in [3.8, 4) is 0 Å². The Morgan fingerprint density at radius 1 is 1.11 bits per heavy atom. The summed E-state index contributed by atoms with van der Waals surface area (Å²) in [6.07, 6.45) is 1.07. The van der Waals surface area contributed by atoms with Crippen molar-refractivity contribution in [3.63, 3.8) is 0 Å². The third kappa shape index (κ3) is 3.12. The molecule has 1 heterocycles. The predicted molar refractivity (Wildman–Crippen MR) is 66.1 cm³/mol. The maximum absolute atomic E-state index is 13.8. The van der Waals surface area contributed by atoms with Crippen molar-refractivity contribution in [1.82, 2.24) is 10.3 Å². The Bertz CT molecular complexity index is 555. The average Bonchev–Trinajstić information content (AvgIpc) is 2.38. The van der Waals surface area contributed by atoms with Crippen LogP contribution in [0.3, 0.4) is 0 Å². The highest BCUT2D eigenvalue weighted by Crippen LogP contribution is 2.23. The molecule has 1 unspecified atom stereocenters. The van der Waals surface area contributed by atoms with Crippen molar-refractivity contribution in [1.29, 1.82) is 0 Å². The van der Waals surface area contributed by atoms with Gasteiger partial charge in [0.15, 0.2) is 0 Å². The lowest BCUT2D eigenvalue weighted by Crippen LogP contribution is -2.24. The number of nitrogens with zero attached hydrogens (tertiary/aromatic N) is 1. The monoisotopic (exact) mass is 266 g/mol. The van der Waals surface area contributed by atoms with Gasteiger partial charge in [-0.1, -0.05) is 13.0 Å². The average molecular weight is 266 g/mol. The number of pyridine rings is 1. The first-order valence-corrected chi connectivity index (χ1v) is 5.91. The Labute approximate surface area is 109 Å². The molecule has 0 saturated heterocycles. The quantitative estimate of drug-likeness (QED) is 0.919. The summed E-state index contributed by atoms with van der Waals surface area (Å²) in [5.41, 5.74) is 0.760. The van der Waals surface area contributed by atoms with Crippen LogP contribution in [0.4, 0.5) is 13.2 Å². The smallest absolute Gasteiger partial charge is 0.141 e. The van der Waals surface area contributed by atoms with Gasteiger partial charge < -0.3 is 5.32 Å². The molecule has 0 fully saturated rings. The maximum atomic E-state index is 13.8. The first-order chi connectivity index (χ1) is 9.11. The van der Waals surface area contributed by atoms with Gasteiger partial charge in [-0.15, -0.1) is 0 Å². The SMILES string of the molecule is CCNC(c1ccc(F)cn1)c1ccc(F)cc1F. The number of rotatable bonds is 4. The van der Waals surface area contributed by atoms with E-state index in [1.165, 1.54) is 24.3 Å². The van der Waals surface area contributed by atoms with Gasteiger partial charge in [0.1, 0.15) is 17.5 Å². The molecule has 100 valence electrons. The van der Waals surface area contributed by atoms with Crippen LogP contribution in [-0.2, 0) is 0 Å². The highest BCUT2D eigenvalue weighted by Gasteiger charge is 2.18. The van der Waals surface area contributed by atoms with E-state index in [1.54, 1.807) is 0 Å². The summed E-state index contributed by atoms with van der Waals surface area (Å²) < 4.78 is 39.6. The molecule has 2 rings (SSSR count). The van der Waals surface area contributed by atoms with Gasteiger partial charge >= 0.3 is 0 Å². The van der Waals surface area contributed by atoms with Gasteiger partial charge in [0.25, 0.3) is 0 Å². The Kier molecular flexibility index (Phi) is 4.16. The largest absolute Gasteiger partial charge is 0.305 e. The minimum Gasteiger partial charge on any atom is -0.305 e. The number of aromatic nitrogens is 1. The summed E-state index contributed by atoms with van der Waals surface area (Å²) in [4.78, 5) is 3.94. The topological polar surface area (TPSA) is 24.9 Å². The minimum atomic E-state index is -0.655. The molecule has 0 aliphatic carbocycles. The van der Waals surface area contributed by atoms with Gasteiger partial charge in [0, 0.05) is 11.6 Å². The molecule has 1 aromatic heterocycles. The highest BCUT2D eigenvalue weighted by atomic mass is 19.1. The van der Waals surface area contributed by atoms with Crippen molar-refractivity contribution in [3.05, 3.63) is 65.2 Å². The van der Waals surface area contributed by atoms with Crippen molar-refractivity contribution < 1.29 is 13.2 Å². The number of hydrogen-bond donors (Lipinski definition) is 1. The number of hydrogen-bond acceptors (Lipinski definition) is 2. The van der Waals surface area contributed by atoms with E-state index in [1.807, 2.05) is 6.92 Å². The zero-order valence-corrected chi connectivity index (χ0v) is 10.3. The zero-order valence-electron chi connectivity index (χ0n) is 10.3. The zero-order chi connectivity index (χ0) is 13.8. The molecular formula is C14H13F3N2. The number of halogens is 3. The van der Waals surface area contributed by atoms with Crippen molar-refractivity contribution >= 4 is 0 Å². The van der Waals surface area contributed by atoms with Gasteiger partial charge in [-0.3, -0.25) is 4.98 Å². The molecule has 5 heteroatoms. The normalized spacial score (nSPS) is 12.4. The van der Waals surface area contributed by atoms with E-state index >= 15 is 0 Å². The summed E-state index contributed by atoms with van der Waals surface area (Å²) in [5.74, 6) is -1.75. The third-order valence-electron chi connectivity index (χ3n) is 2.73. The van der Waals surface area contributed by atoms with Crippen LogP contribution >= 0.6 is 0 Å². The molecule has 0 spiro atoms. The molecular weight excluding hydrogens is 253 g/mol. The Balaban J connectivity index is 2.41. The standard InChI is InChI=1S/C14H13F3N2/c1-2-18-14(13-6-4-10(16)8-19-13)11-5-3-9(15)7-12(11)17/h3-8,14,18H,2H2,1H3. The van der Waals surface area contributed by atoms with E-state index < -0.39 is 23.5 Å². The summed E-state index contributed by atoms with van der Waals surface area (Å²) in [6, 6.07) is 5.57. The summed E-state index contributed by atoms with van der Waals surface area (Å²) in [6.45, 7) is 2.43. The summed E-state index contributed by atoms with van der Waals surface area (Å²) in [5, 5.41) is 3.05. The second-order valence-corrected chi connectivity index (χ2v) is 4.06. The first-order valence-electron chi connectivity index (χ1n) is 5.91.